The topological polar surface area (TPSA) is 231 Å². The maximum atomic E-state index is 13.0. The van der Waals surface area contributed by atoms with E-state index in [4.69, 9.17) is 21.7 Å². The molecule has 4 atom stereocenters. The van der Waals surface area contributed by atoms with Crippen molar-refractivity contribution < 1.29 is 39.0 Å². The van der Waals surface area contributed by atoms with Crippen LogP contribution in [0.1, 0.15) is 24.8 Å². The predicted molar refractivity (Wildman–Crippen MR) is 126 cm³/mol. The number of aliphatic carboxylic acids is 2. The van der Waals surface area contributed by atoms with Gasteiger partial charge in [-0.05, 0) is 12.0 Å². The highest BCUT2D eigenvalue weighted by Crippen LogP contribution is 2.06. The number of hydrogen-bond donors (Lipinski definition) is 8. The third-order valence-corrected chi connectivity index (χ3v) is 5.12. The lowest BCUT2D eigenvalue weighted by Crippen LogP contribution is -2.58. The highest BCUT2D eigenvalue weighted by atomic mass is 32.1. The molecule has 13 nitrogen and oxygen atoms in total. The molecular formula is C21H29N5O8S. The minimum absolute atomic E-state index is 0.0183. The van der Waals surface area contributed by atoms with Crippen molar-refractivity contribution in [1.29, 1.82) is 0 Å². The Morgan fingerprint density at radius 2 is 1.40 bits per heavy atom. The quantitative estimate of drug-likeness (QED) is 0.119. The van der Waals surface area contributed by atoms with Gasteiger partial charge < -0.3 is 37.6 Å². The normalized spacial score (nSPS) is 14.0. The summed E-state index contributed by atoms with van der Waals surface area (Å²) >= 11 is 4.01. The van der Waals surface area contributed by atoms with Gasteiger partial charge in [-0.25, -0.2) is 4.79 Å². The lowest BCUT2D eigenvalue weighted by molar-refractivity contribution is -0.143. The Bertz CT molecular complexity index is 930. The van der Waals surface area contributed by atoms with Crippen LogP contribution in [0.2, 0.25) is 0 Å². The molecule has 0 spiro atoms. The number of primary amides is 1. The lowest BCUT2D eigenvalue weighted by Gasteiger charge is -2.24. The monoisotopic (exact) mass is 511 g/mol. The maximum absolute atomic E-state index is 13.0. The van der Waals surface area contributed by atoms with Gasteiger partial charge in [0.25, 0.3) is 0 Å². The van der Waals surface area contributed by atoms with E-state index in [2.05, 4.69) is 28.6 Å². The Labute approximate surface area is 206 Å². The molecule has 0 saturated carbocycles. The Morgan fingerprint density at radius 3 is 1.91 bits per heavy atom. The molecule has 0 aliphatic heterocycles. The minimum Gasteiger partial charge on any atom is -0.481 e. The lowest BCUT2D eigenvalue weighted by atomic mass is 10.0. The van der Waals surface area contributed by atoms with Crippen LogP contribution in [-0.4, -0.2) is 75.7 Å². The number of thiol groups is 1. The molecule has 1 aromatic rings. The standard InChI is InChI=1S/C21H29N5O8S/c22-12(6-7-17(28)29)18(30)24-13(8-11-4-2-1-3-5-11)19(31)26-15(10-35)20(32)25-14(21(33)34)9-16(23)27/h1-5,12-15,35H,6-10,22H2,(H2,23,27)(H,24,30)(H,25,32)(H,26,31)(H,28,29)(H,33,34). The molecule has 0 aliphatic rings. The third-order valence-electron chi connectivity index (χ3n) is 4.76. The van der Waals surface area contributed by atoms with Crippen LogP contribution in [0.25, 0.3) is 0 Å². The van der Waals surface area contributed by atoms with Crippen LogP contribution in [0.3, 0.4) is 0 Å². The van der Waals surface area contributed by atoms with Gasteiger partial charge in [-0.2, -0.15) is 12.6 Å². The summed E-state index contributed by atoms with van der Waals surface area (Å²) in [6, 6.07) is 3.32. The van der Waals surface area contributed by atoms with Gasteiger partial charge in [0.15, 0.2) is 0 Å². The Balaban J connectivity index is 2.98. The molecule has 0 aliphatic carbocycles. The van der Waals surface area contributed by atoms with E-state index in [9.17, 15) is 28.8 Å². The highest BCUT2D eigenvalue weighted by molar-refractivity contribution is 7.80. The Kier molecular flexibility index (Phi) is 12.2. The van der Waals surface area contributed by atoms with Crippen molar-refractivity contribution in [2.75, 3.05) is 5.75 Å². The number of rotatable bonds is 15. The first-order valence-corrected chi connectivity index (χ1v) is 11.1. The van der Waals surface area contributed by atoms with Crippen molar-refractivity contribution >= 4 is 48.2 Å². The number of benzene rings is 1. The summed E-state index contributed by atoms with van der Waals surface area (Å²) in [5.74, 6) is -6.29. The summed E-state index contributed by atoms with van der Waals surface area (Å²) in [7, 11) is 0. The zero-order valence-corrected chi connectivity index (χ0v) is 19.6. The van der Waals surface area contributed by atoms with Gasteiger partial charge in [0.2, 0.25) is 23.6 Å². The fourth-order valence-corrected chi connectivity index (χ4v) is 3.15. The predicted octanol–water partition coefficient (Wildman–Crippen LogP) is -2.23. The first-order valence-electron chi connectivity index (χ1n) is 10.5. The van der Waals surface area contributed by atoms with Gasteiger partial charge in [-0.15, -0.1) is 0 Å². The van der Waals surface area contributed by atoms with Gasteiger partial charge in [-0.3, -0.25) is 24.0 Å². The number of amides is 4. The maximum Gasteiger partial charge on any atom is 0.326 e. The molecule has 4 unspecified atom stereocenters. The second-order valence-corrected chi connectivity index (χ2v) is 7.97. The average Bonchev–Trinajstić information content (AvgIpc) is 2.79. The smallest absolute Gasteiger partial charge is 0.326 e. The van der Waals surface area contributed by atoms with Crippen molar-refractivity contribution in [2.24, 2.45) is 11.5 Å². The van der Waals surface area contributed by atoms with Crippen LogP contribution < -0.4 is 27.4 Å². The summed E-state index contributed by atoms with van der Waals surface area (Å²) in [6.07, 6.45) is -1.14. The van der Waals surface area contributed by atoms with Gasteiger partial charge in [-0.1, -0.05) is 30.3 Å². The largest absolute Gasteiger partial charge is 0.481 e. The highest BCUT2D eigenvalue weighted by Gasteiger charge is 2.30. The van der Waals surface area contributed by atoms with E-state index >= 15 is 0 Å². The van der Waals surface area contributed by atoms with Gasteiger partial charge >= 0.3 is 11.9 Å². The molecule has 9 N–H and O–H groups in total. The van der Waals surface area contributed by atoms with Crippen molar-refractivity contribution in [3.8, 4) is 0 Å². The second kappa shape index (κ2) is 14.6. The minimum atomic E-state index is -1.61. The average molecular weight is 512 g/mol. The molecule has 192 valence electrons. The molecule has 14 heteroatoms. The molecule has 1 aromatic carbocycles. The second-order valence-electron chi connectivity index (χ2n) is 7.60. The van der Waals surface area contributed by atoms with E-state index in [-0.39, 0.29) is 25.0 Å². The van der Waals surface area contributed by atoms with E-state index < -0.39 is 66.2 Å². The van der Waals surface area contributed by atoms with Crippen LogP contribution in [-0.2, 0) is 35.2 Å². The number of hydrogen-bond acceptors (Lipinski definition) is 8. The van der Waals surface area contributed by atoms with E-state index in [1.54, 1.807) is 30.3 Å². The van der Waals surface area contributed by atoms with E-state index in [1.807, 2.05) is 0 Å². The van der Waals surface area contributed by atoms with Gasteiger partial charge in [0.1, 0.15) is 18.1 Å². The number of carbonyl (C=O) groups excluding carboxylic acids is 4. The number of carboxylic acids is 2. The molecule has 0 aromatic heterocycles. The van der Waals surface area contributed by atoms with E-state index in [0.717, 1.165) is 0 Å². The van der Waals surface area contributed by atoms with Crippen LogP contribution in [0.4, 0.5) is 0 Å². The zero-order valence-electron chi connectivity index (χ0n) is 18.7. The first kappa shape index (κ1) is 29.4. The third kappa shape index (κ3) is 10.9. The van der Waals surface area contributed by atoms with E-state index in [0.29, 0.717) is 5.56 Å². The zero-order chi connectivity index (χ0) is 26.5. The number of nitrogens with one attached hydrogen (secondary N) is 3. The van der Waals surface area contributed by atoms with Crippen molar-refractivity contribution in [3.63, 3.8) is 0 Å². The molecule has 0 heterocycles. The molecular weight excluding hydrogens is 482 g/mol. The Hall–Kier alpha value is -3.65. The summed E-state index contributed by atoms with van der Waals surface area (Å²) < 4.78 is 0. The van der Waals surface area contributed by atoms with Crippen LogP contribution in [0.15, 0.2) is 30.3 Å². The van der Waals surface area contributed by atoms with Crippen LogP contribution >= 0.6 is 12.6 Å². The molecule has 1 rings (SSSR count). The van der Waals surface area contributed by atoms with Crippen molar-refractivity contribution in [2.45, 2.75) is 49.9 Å². The SMILES string of the molecule is NC(=O)CC(NC(=O)C(CS)NC(=O)C(Cc1ccccc1)NC(=O)C(N)CCC(=O)O)C(=O)O. The molecule has 4 amide bonds. The van der Waals surface area contributed by atoms with Crippen molar-refractivity contribution in [1.82, 2.24) is 16.0 Å². The molecule has 0 fully saturated rings. The first-order chi connectivity index (χ1) is 16.4. The van der Waals surface area contributed by atoms with Crippen LogP contribution in [0.5, 0.6) is 0 Å². The number of nitrogens with two attached hydrogens (primary N) is 2. The fourth-order valence-electron chi connectivity index (χ4n) is 2.89. The number of carbonyl (C=O) groups is 6. The molecule has 0 bridgehead atoms. The van der Waals surface area contributed by atoms with E-state index in [1.165, 1.54) is 0 Å². The summed E-state index contributed by atoms with van der Waals surface area (Å²) in [4.78, 5) is 71.0. The Morgan fingerprint density at radius 1 is 0.857 bits per heavy atom. The fraction of sp³-hybridized carbons (Fsp3) is 0.429. The summed E-state index contributed by atoms with van der Waals surface area (Å²) in [5.41, 5.74) is 11.4. The number of carboxylic acid groups (broad SMARTS) is 2. The summed E-state index contributed by atoms with van der Waals surface area (Å²) in [6.45, 7) is 0. The van der Waals surface area contributed by atoms with Gasteiger partial charge in [0.05, 0.1) is 12.5 Å². The van der Waals surface area contributed by atoms with Crippen molar-refractivity contribution in [3.05, 3.63) is 35.9 Å². The molecule has 0 radical (unpaired) electrons. The molecule has 0 saturated heterocycles. The molecule has 35 heavy (non-hydrogen) atoms. The van der Waals surface area contributed by atoms with Crippen LogP contribution in [0, 0.1) is 0 Å². The van der Waals surface area contributed by atoms with Gasteiger partial charge in [0, 0.05) is 18.6 Å². The summed E-state index contributed by atoms with van der Waals surface area (Å²) in [5, 5.41) is 24.9.